The minimum Gasteiger partial charge on any atom is -0.507 e. The van der Waals surface area contributed by atoms with E-state index in [2.05, 4.69) is 26.5 Å². The van der Waals surface area contributed by atoms with Gasteiger partial charge in [-0.3, -0.25) is 4.79 Å². The number of carbonyl (C=O) groups is 1. The lowest BCUT2D eigenvalue weighted by Gasteiger charge is -2.09. The van der Waals surface area contributed by atoms with Gasteiger partial charge in [0.1, 0.15) is 11.5 Å². The summed E-state index contributed by atoms with van der Waals surface area (Å²) in [6, 6.07) is 11.9. The maximum Gasteiger partial charge on any atom is 0.275 e. The van der Waals surface area contributed by atoms with E-state index in [-0.39, 0.29) is 11.7 Å². The molecule has 0 aromatic heterocycles. The maximum atomic E-state index is 12.2. The molecule has 0 saturated heterocycles. The van der Waals surface area contributed by atoms with Gasteiger partial charge in [0.25, 0.3) is 5.91 Å². The van der Waals surface area contributed by atoms with E-state index in [1.807, 2.05) is 13.0 Å². The Kier molecular flexibility index (Phi) is 6.17. The van der Waals surface area contributed by atoms with Crippen LogP contribution < -0.4 is 10.2 Å². The molecule has 0 saturated carbocycles. The maximum absolute atomic E-state index is 12.2. The van der Waals surface area contributed by atoms with Gasteiger partial charge in [-0.15, -0.1) is 0 Å². The van der Waals surface area contributed by atoms with Gasteiger partial charge in [-0.1, -0.05) is 35.0 Å². The van der Waals surface area contributed by atoms with Gasteiger partial charge in [-0.05, 0) is 36.8 Å². The molecule has 0 unspecified atom stereocenters. The summed E-state index contributed by atoms with van der Waals surface area (Å²) in [5.41, 5.74) is 3.34. The molecule has 0 bridgehead atoms. The van der Waals surface area contributed by atoms with Crippen molar-refractivity contribution in [1.29, 1.82) is 0 Å². The topological polar surface area (TPSA) is 70.9 Å². The molecule has 2 N–H and O–H groups in total. The SMILES string of the molecule is CCCOc1ccccc1C(=O)N/N=C/c1cc(Br)ccc1O. The highest BCUT2D eigenvalue weighted by atomic mass is 79.9. The molecule has 2 aromatic carbocycles. The summed E-state index contributed by atoms with van der Waals surface area (Å²) < 4.78 is 6.35. The molecule has 0 fully saturated rings. The zero-order chi connectivity index (χ0) is 16.7. The molecule has 0 atom stereocenters. The van der Waals surface area contributed by atoms with Crippen LogP contribution in [0.15, 0.2) is 52.0 Å². The second-order valence-electron chi connectivity index (χ2n) is 4.75. The second-order valence-corrected chi connectivity index (χ2v) is 5.66. The van der Waals surface area contributed by atoms with E-state index >= 15 is 0 Å². The molecule has 0 aliphatic rings. The monoisotopic (exact) mass is 376 g/mol. The largest absolute Gasteiger partial charge is 0.507 e. The lowest BCUT2D eigenvalue weighted by molar-refractivity contribution is 0.0951. The average molecular weight is 377 g/mol. The molecule has 0 radical (unpaired) electrons. The molecule has 0 heterocycles. The van der Waals surface area contributed by atoms with Gasteiger partial charge in [0.2, 0.25) is 0 Å². The summed E-state index contributed by atoms with van der Waals surface area (Å²) in [5, 5.41) is 13.6. The first-order valence-corrected chi connectivity index (χ1v) is 7.95. The number of phenolic OH excluding ortho intramolecular Hbond substituents is 1. The number of para-hydroxylation sites is 1. The van der Waals surface area contributed by atoms with Crippen LogP contribution in [-0.4, -0.2) is 23.8 Å². The van der Waals surface area contributed by atoms with Crippen molar-refractivity contribution in [1.82, 2.24) is 5.43 Å². The number of aromatic hydroxyl groups is 1. The Morgan fingerprint density at radius 2 is 2.13 bits per heavy atom. The highest BCUT2D eigenvalue weighted by Gasteiger charge is 2.11. The lowest BCUT2D eigenvalue weighted by atomic mass is 10.2. The Hall–Kier alpha value is -2.34. The number of benzene rings is 2. The summed E-state index contributed by atoms with van der Waals surface area (Å²) in [6.07, 6.45) is 2.24. The van der Waals surface area contributed by atoms with Gasteiger partial charge in [-0.25, -0.2) is 5.43 Å². The number of halogens is 1. The molecule has 2 rings (SSSR count). The number of rotatable bonds is 6. The van der Waals surface area contributed by atoms with E-state index in [1.54, 1.807) is 36.4 Å². The van der Waals surface area contributed by atoms with Crippen LogP contribution in [0, 0.1) is 0 Å². The number of amides is 1. The predicted octanol–water partition coefficient (Wildman–Crippen LogP) is 3.71. The van der Waals surface area contributed by atoms with Crippen molar-refractivity contribution in [3.05, 3.63) is 58.1 Å². The number of hydrogen-bond donors (Lipinski definition) is 2. The highest BCUT2D eigenvalue weighted by molar-refractivity contribution is 9.10. The quantitative estimate of drug-likeness (QED) is 0.596. The van der Waals surface area contributed by atoms with E-state index in [1.165, 1.54) is 6.21 Å². The molecular weight excluding hydrogens is 360 g/mol. The van der Waals surface area contributed by atoms with E-state index in [4.69, 9.17) is 4.74 Å². The molecule has 0 aliphatic heterocycles. The summed E-state index contributed by atoms with van der Waals surface area (Å²) >= 11 is 3.31. The minimum absolute atomic E-state index is 0.0814. The molecule has 120 valence electrons. The predicted molar refractivity (Wildman–Crippen MR) is 93.1 cm³/mol. The van der Waals surface area contributed by atoms with Crippen LogP contribution in [0.25, 0.3) is 0 Å². The Labute approximate surface area is 143 Å². The van der Waals surface area contributed by atoms with Crippen molar-refractivity contribution in [3.63, 3.8) is 0 Å². The smallest absolute Gasteiger partial charge is 0.275 e. The standard InChI is InChI=1S/C17H17BrN2O3/c1-2-9-23-16-6-4-3-5-14(16)17(22)20-19-11-12-10-13(18)7-8-15(12)21/h3-8,10-11,21H,2,9H2,1H3,(H,20,22)/b19-11+. The van der Waals surface area contributed by atoms with Crippen LogP contribution in [0.2, 0.25) is 0 Å². The molecule has 6 heteroatoms. The van der Waals surface area contributed by atoms with Gasteiger partial charge in [0.05, 0.1) is 18.4 Å². The Bertz CT molecular complexity index is 717. The molecule has 0 aliphatic carbocycles. The fourth-order valence-corrected chi connectivity index (χ4v) is 2.22. The van der Waals surface area contributed by atoms with Crippen LogP contribution in [0.4, 0.5) is 0 Å². The molecule has 1 amide bonds. The first kappa shape index (κ1) is 17.0. The molecule has 2 aromatic rings. The number of hydrogen-bond acceptors (Lipinski definition) is 4. The molecule has 5 nitrogen and oxygen atoms in total. The van der Waals surface area contributed by atoms with E-state index in [0.29, 0.717) is 23.5 Å². The number of nitrogens with one attached hydrogen (secondary N) is 1. The van der Waals surface area contributed by atoms with E-state index in [9.17, 15) is 9.90 Å². The number of hydrazone groups is 1. The van der Waals surface area contributed by atoms with Crippen LogP contribution >= 0.6 is 15.9 Å². The van der Waals surface area contributed by atoms with Gasteiger partial charge in [0.15, 0.2) is 0 Å². The second kappa shape index (κ2) is 8.33. The zero-order valence-corrected chi connectivity index (χ0v) is 14.2. The summed E-state index contributed by atoms with van der Waals surface area (Å²) in [5.74, 6) is 0.229. The van der Waals surface area contributed by atoms with E-state index < -0.39 is 0 Å². The number of ether oxygens (including phenoxy) is 1. The highest BCUT2D eigenvalue weighted by Crippen LogP contribution is 2.20. The first-order chi connectivity index (χ1) is 11.1. The van der Waals surface area contributed by atoms with E-state index in [0.717, 1.165) is 10.9 Å². The third-order valence-corrected chi connectivity index (χ3v) is 3.45. The van der Waals surface area contributed by atoms with Gasteiger partial charge in [-0.2, -0.15) is 5.10 Å². The Morgan fingerprint density at radius 3 is 2.91 bits per heavy atom. The third kappa shape index (κ3) is 4.82. The van der Waals surface area contributed by atoms with Crippen molar-refractivity contribution < 1.29 is 14.6 Å². The third-order valence-electron chi connectivity index (χ3n) is 2.95. The number of nitrogens with zero attached hydrogens (tertiary/aromatic N) is 1. The summed E-state index contributed by atoms with van der Waals surface area (Å²) in [6.45, 7) is 2.54. The fourth-order valence-electron chi connectivity index (χ4n) is 1.84. The summed E-state index contributed by atoms with van der Waals surface area (Å²) in [4.78, 5) is 12.2. The van der Waals surface area contributed by atoms with Crippen molar-refractivity contribution in [2.75, 3.05) is 6.61 Å². The Balaban J connectivity index is 2.07. The minimum atomic E-state index is -0.373. The summed E-state index contributed by atoms with van der Waals surface area (Å²) in [7, 11) is 0. The number of phenols is 1. The van der Waals surface area contributed by atoms with Crippen LogP contribution in [0.1, 0.15) is 29.3 Å². The van der Waals surface area contributed by atoms with Crippen molar-refractivity contribution in [2.45, 2.75) is 13.3 Å². The average Bonchev–Trinajstić information content (AvgIpc) is 2.56. The van der Waals surface area contributed by atoms with Crippen LogP contribution in [-0.2, 0) is 0 Å². The molecule has 0 spiro atoms. The normalized spacial score (nSPS) is 10.7. The lowest BCUT2D eigenvalue weighted by Crippen LogP contribution is -2.18. The van der Waals surface area contributed by atoms with Gasteiger partial charge >= 0.3 is 0 Å². The number of carbonyl (C=O) groups excluding carboxylic acids is 1. The zero-order valence-electron chi connectivity index (χ0n) is 12.6. The first-order valence-electron chi connectivity index (χ1n) is 7.15. The van der Waals surface area contributed by atoms with Gasteiger partial charge in [0, 0.05) is 10.0 Å². The van der Waals surface area contributed by atoms with Crippen molar-refractivity contribution in [3.8, 4) is 11.5 Å². The Morgan fingerprint density at radius 1 is 1.35 bits per heavy atom. The van der Waals surface area contributed by atoms with Crippen molar-refractivity contribution >= 4 is 28.1 Å². The van der Waals surface area contributed by atoms with Gasteiger partial charge < -0.3 is 9.84 Å². The van der Waals surface area contributed by atoms with Crippen molar-refractivity contribution in [2.24, 2.45) is 5.10 Å². The molecular formula is C17H17BrN2O3. The van der Waals surface area contributed by atoms with Crippen LogP contribution in [0.3, 0.4) is 0 Å². The van der Waals surface area contributed by atoms with Crippen LogP contribution in [0.5, 0.6) is 11.5 Å². The molecule has 23 heavy (non-hydrogen) atoms. The fraction of sp³-hybridized carbons (Fsp3) is 0.176.